The predicted molar refractivity (Wildman–Crippen MR) is 76.0 cm³/mol. The normalized spacial score (nSPS) is 12.2. The number of aliphatic hydroxyl groups is 1. The molecule has 0 saturated carbocycles. The first-order valence-corrected chi connectivity index (χ1v) is 6.36. The molecular formula is C15H23NO2. The third-order valence-corrected chi connectivity index (χ3v) is 2.94. The molecule has 0 bridgehead atoms. The van der Waals surface area contributed by atoms with Crippen molar-refractivity contribution in [3.63, 3.8) is 0 Å². The fourth-order valence-corrected chi connectivity index (χ4v) is 1.94. The summed E-state index contributed by atoms with van der Waals surface area (Å²) in [5.41, 5.74) is 2.03. The van der Waals surface area contributed by atoms with Crippen LogP contribution in [0.25, 0.3) is 0 Å². The first kappa shape index (κ1) is 14.7. The van der Waals surface area contributed by atoms with E-state index in [1.54, 1.807) is 7.11 Å². The predicted octanol–water partition coefficient (Wildman–Crippen LogP) is 2.77. The number of rotatable bonds is 8. The second kappa shape index (κ2) is 7.90. The Labute approximate surface area is 110 Å². The molecule has 0 radical (unpaired) electrons. The van der Waals surface area contributed by atoms with E-state index in [4.69, 9.17) is 4.74 Å². The zero-order chi connectivity index (χ0) is 13.4. The average Bonchev–Trinajstić information content (AvgIpc) is 2.42. The van der Waals surface area contributed by atoms with Gasteiger partial charge in [0.15, 0.2) is 0 Å². The van der Waals surface area contributed by atoms with Crippen LogP contribution in [0, 0.1) is 0 Å². The Bertz CT molecular complexity index is 365. The van der Waals surface area contributed by atoms with Gasteiger partial charge < -0.3 is 14.7 Å². The summed E-state index contributed by atoms with van der Waals surface area (Å²) in [5.74, 6) is 0. The van der Waals surface area contributed by atoms with Gasteiger partial charge in [0.2, 0.25) is 0 Å². The molecule has 1 N–H and O–H groups in total. The van der Waals surface area contributed by atoms with Crippen molar-refractivity contribution in [1.82, 2.24) is 0 Å². The van der Waals surface area contributed by atoms with E-state index in [1.807, 2.05) is 37.3 Å². The molecule has 1 rings (SSSR count). The minimum absolute atomic E-state index is 0.420. The first-order valence-electron chi connectivity index (χ1n) is 6.36. The summed E-state index contributed by atoms with van der Waals surface area (Å²) in [6.07, 6.45) is 2.16. The van der Waals surface area contributed by atoms with Gasteiger partial charge in [-0.1, -0.05) is 31.2 Å². The first-order chi connectivity index (χ1) is 8.74. The lowest BCUT2D eigenvalue weighted by Crippen LogP contribution is -2.28. The topological polar surface area (TPSA) is 32.7 Å². The molecule has 1 unspecified atom stereocenters. The number of benzene rings is 1. The van der Waals surface area contributed by atoms with Crippen LogP contribution in [-0.2, 0) is 4.74 Å². The molecule has 3 heteroatoms. The Balaban J connectivity index is 2.98. The Hall–Kier alpha value is -1.32. The van der Waals surface area contributed by atoms with Gasteiger partial charge in [0.05, 0.1) is 12.7 Å². The second-order valence-corrected chi connectivity index (χ2v) is 4.21. The summed E-state index contributed by atoms with van der Waals surface area (Å²) < 4.78 is 5.13. The van der Waals surface area contributed by atoms with Crippen molar-refractivity contribution in [1.29, 1.82) is 0 Å². The molecule has 0 aliphatic carbocycles. The minimum Gasteiger partial charge on any atom is -0.388 e. The summed E-state index contributed by atoms with van der Waals surface area (Å²) in [5, 5.41) is 10.1. The molecule has 0 aromatic heterocycles. The van der Waals surface area contributed by atoms with Crippen molar-refractivity contribution in [3.8, 4) is 0 Å². The fourth-order valence-electron chi connectivity index (χ4n) is 1.94. The lowest BCUT2D eigenvalue weighted by atomic mass is 10.0. The maximum Gasteiger partial charge on any atom is 0.0807 e. The van der Waals surface area contributed by atoms with E-state index in [1.165, 1.54) is 0 Å². The summed E-state index contributed by atoms with van der Waals surface area (Å²) in [4.78, 5) is 2.17. The maximum absolute atomic E-state index is 10.1. The van der Waals surface area contributed by atoms with E-state index in [-0.39, 0.29) is 0 Å². The minimum atomic E-state index is -0.420. The van der Waals surface area contributed by atoms with Gasteiger partial charge in [0.1, 0.15) is 0 Å². The molecule has 0 heterocycles. The van der Waals surface area contributed by atoms with Crippen LogP contribution in [0.5, 0.6) is 0 Å². The number of anilines is 1. The van der Waals surface area contributed by atoms with Gasteiger partial charge in [-0.05, 0) is 12.5 Å². The van der Waals surface area contributed by atoms with Crippen molar-refractivity contribution < 1.29 is 9.84 Å². The molecule has 18 heavy (non-hydrogen) atoms. The molecule has 1 atom stereocenters. The molecule has 0 spiro atoms. The lowest BCUT2D eigenvalue weighted by molar-refractivity contribution is 0.173. The number of para-hydroxylation sites is 1. The van der Waals surface area contributed by atoms with Crippen LogP contribution in [0.2, 0.25) is 0 Å². The Kier molecular flexibility index (Phi) is 6.47. The summed E-state index contributed by atoms with van der Waals surface area (Å²) >= 11 is 0. The SMILES string of the molecule is C=CCN(CCOC)c1ccccc1C(O)CC. The van der Waals surface area contributed by atoms with Crippen molar-refractivity contribution in [2.24, 2.45) is 0 Å². The van der Waals surface area contributed by atoms with Crippen LogP contribution in [-0.4, -0.2) is 31.9 Å². The van der Waals surface area contributed by atoms with Crippen molar-refractivity contribution in [2.75, 3.05) is 31.7 Å². The average molecular weight is 249 g/mol. The summed E-state index contributed by atoms with van der Waals surface area (Å²) in [7, 11) is 1.69. The zero-order valence-electron chi connectivity index (χ0n) is 11.3. The second-order valence-electron chi connectivity index (χ2n) is 4.21. The van der Waals surface area contributed by atoms with E-state index in [0.717, 1.165) is 24.3 Å². The van der Waals surface area contributed by atoms with Crippen LogP contribution in [0.3, 0.4) is 0 Å². The molecule has 1 aromatic rings. The number of hydrogen-bond acceptors (Lipinski definition) is 3. The monoisotopic (exact) mass is 249 g/mol. The number of methoxy groups -OCH3 is 1. The van der Waals surface area contributed by atoms with Crippen LogP contribution < -0.4 is 4.90 Å². The Morgan fingerprint density at radius 3 is 2.78 bits per heavy atom. The van der Waals surface area contributed by atoms with Gasteiger partial charge in [0, 0.05) is 31.5 Å². The van der Waals surface area contributed by atoms with E-state index < -0.39 is 6.10 Å². The molecule has 0 saturated heterocycles. The quantitative estimate of drug-likeness (QED) is 0.719. The number of ether oxygens (including phenoxy) is 1. The van der Waals surface area contributed by atoms with Crippen LogP contribution in [0.1, 0.15) is 25.0 Å². The van der Waals surface area contributed by atoms with Crippen LogP contribution in [0.15, 0.2) is 36.9 Å². The van der Waals surface area contributed by atoms with Crippen LogP contribution in [0.4, 0.5) is 5.69 Å². The van der Waals surface area contributed by atoms with Crippen LogP contribution >= 0.6 is 0 Å². The smallest absolute Gasteiger partial charge is 0.0807 e. The van der Waals surface area contributed by atoms with Crippen molar-refractivity contribution in [3.05, 3.63) is 42.5 Å². The third-order valence-electron chi connectivity index (χ3n) is 2.94. The largest absolute Gasteiger partial charge is 0.388 e. The molecule has 0 aliphatic heterocycles. The van der Waals surface area contributed by atoms with Gasteiger partial charge in [-0.15, -0.1) is 6.58 Å². The Morgan fingerprint density at radius 2 is 2.17 bits per heavy atom. The molecule has 3 nitrogen and oxygen atoms in total. The molecule has 1 aromatic carbocycles. The summed E-state index contributed by atoms with van der Waals surface area (Å²) in [6.45, 7) is 7.96. The molecule has 0 aliphatic rings. The van der Waals surface area contributed by atoms with E-state index in [0.29, 0.717) is 13.0 Å². The highest BCUT2D eigenvalue weighted by Gasteiger charge is 2.14. The van der Waals surface area contributed by atoms with E-state index in [9.17, 15) is 5.11 Å². The highest BCUT2D eigenvalue weighted by Crippen LogP contribution is 2.27. The van der Waals surface area contributed by atoms with Gasteiger partial charge >= 0.3 is 0 Å². The number of nitrogens with zero attached hydrogens (tertiary/aromatic N) is 1. The third kappa shape index (κ3) is 3.86. The van der Waals surface area contributed by atoms with Crippen molar-refractivity contribution >= 4 is 5.69 Å². The highest BCUT2D eigenvalue weighted by atomic mass is 16.5. The number of hydrogen-bond donors (Lipinski definition) is 1. The molecule has 0 fully saturated rings. The zero-order valence-corrected chi connectivity index (χ0v) is 11.3. The van der Waals surface area contributed by atoms with Crippen molar-refractivity contribution in [2.45, 2.75) is 19.4 Å². The van der Waals surface area contributed by atoms with Gasteiger partial charge in [0.25, 0.3) is 0 Å². The summed E-state index contributed by atoms with van der Waals surface area (Å²) in [6, 6.07) is 7.96. The Morgan fingerprint density at radius 1 is 1.44 bits per heavy atom. The molecule has 0 amide bonds. The standard InChI is InChI=1S/C15H23NO2/c1-4-10-16(11-12-18-3)14-9-7-6-8-13(14)15(17)5-2/h4,6-9,15,17H,1,5,10-12H2,2-3H3. The number of aliphatic hydroxyl groups excluding tert-OH is 1. The molecule has 100 valence electrons. The maximum atomic E-state index is 10.1. The van der Waals surface area contributed by atoms with E-state index >= 15 is 0 Å². The fraction of sp³-hybridized carbons (Fsp3) is 0.467. The van der Waals surface area contributed by atoms with Gasteiger partial charge in [-0.25, -0.2) is 0 Å². The molecular weight excluding hydrogens is 226 g/mol. The van der Waals surface area contributed by atoms with E-state index in [2.05, 4.69) is 11.5 Å². The highest BCUT2D eigenvalue weighted by molar-refractivity contribution is 5.55. The van der Waals surface area contributed by atoms with Gasteiger partial charge in [-0.2, -0.15) is 0 Å². The lowest BCUT2D eigenvalue weighted by Gasteiger charge is -2.27. The van der Waals surface area contributed by atoms with Gasteiger partial charge in [-0.3, -0.25) is 0 Å².